The lowest BCUT2D eigenvalue weighted by molar-refractivity contribution is 1.07. The Morgan fingerprint density at radius 2 is 1.19 bits per heavy atom. The number of para-hydroxylation sites is 1. The second kappa shape index (κ2) is 9.95. The van der Waals surface area contributed by atoms with E-state index in [1.807, 2.05) is 67.1 Å². The molecule has 10 rings (SSSR count). The molecule has 0 aliphatic carbocycles. The first-order valence-corrected chi connectivity index (χ1v) is 15.5. The maximum atomic E-state index is 5.34. The van der Waals surface area contributed by atoms with Gasteiger partial charge in [-0.2, -0.15) is 0 Å². The molecule has 0 aliphatic heterocycles. The van der Waals surface area contributed by atoms with Gasteiger partial charge >= 0.3 is 0 Å². The number of hydrogen-bond acceptors (Lipinski definition) is 6. The highest BCUT2D eigenvalue weighted by molar-refractivity contribution is 6.15. The number of fused-ring (bicyclic) bond motifs is 9. The fourth-order valence-electron chi connectivity index (χ4n) is 6.81. The van der Waals surface area contributed by atoms with Crippen LogP contribution in [0.4, 0.5) is 0 Å². The molecule has 7 heteroatoms. The summed E-state index contributed by atoms with van der Waals surface area (Å²) in [4.78, 5) is 30.0. The Labute approximate surface area is 267 Å². The van der Waals surface area contributed by atoms with Crippen LogP contribution < -0.4 is 0 Å². The minimum Gasteiger partial charge on any atom is -0.278 e. The maximum Gasteiger partial charge on any atom is 0.160 e. The van der Waals surface area contributed by atoms with Crippen LogP contribution in [0, 0.1) is 0 Å². The molecule has 6 heterocycles. The second-order valence-electron chi connectivity index (χ2n) is 11.6. The largest absolute Gasteiger partial charge is 0.278 e. The standard InChI is InChI=1S/C40H23N7/c1-2-9-25(10-3-1)39-45-36(31-23-26-11-6-20-41-34(26)37-28(31)13-7-21-42-37)30-18-16-24-17-19-33(44-35(24)38(30)46-39)47-32-15-5-4-12-27(32)29-14-8-22-43-40(29)47/h1-23H. The third-order valence-electron chi connectivity index (χ3n) is 8.92. The summed E-state index contributed by atoms with van der Waals surface area (Å²) in [6.07, 6.45) is 5.46. The van der Waals surface area contributed by atoms with E-state index in [4.69, 9.17) is 24.9 Å². The van der Waals surface area contributed by atoms with Crippen molar-refractivity contribution in [2.24, 2.45) is 0 Å². The molecule has 0 fully saturated rings. The topological polar surface area (TPSA) is 82.3 Å². The molecule has 7 nitrogen and oxygen atoms in total. The average molecular weight is 602 g/mol. The van der Waals surface area contributed by atoms with E-state index in [1.165, 1.54) is 0 Å². The maximum absolute atomic E-state index is 5.34. The highest BCUT2D eigenvalue weighted by atomic mass is 15.1. The van der Waals surface area contributed by atoms with Gasteiger partial charge in [-0.25, -0.2) is 19.9 Å². The van der Waals surface area contributed by atoms with Gasteiger partial charge in [-0.15, -0.1) is 0 Å². The lowest BCUT2D eigenvalue weighted by Gasteiger charge is -2.14. The minimum absolute atomic E-state index is 0.634. The van der Waals surface area contributed by atoms with E-state index in [9.17, 15) is 0 Å². The van der Waals surface area contributed by atoms with Gasteiger partial charge in [0.05, 0.1) is 27.8 Å². The molecule has 0 N–H and O–H groups in total. The lowest BCUT2D eigenvalue weighted by Crippen LogP contribution is -2.01. The monoisotopic (exact) mass is 601 g/mol. The fourth-order valence-corrected chi connectivity index (χ4v) is 6.81. The van der Waals surface area contributed by atoms with Crippen LogP contribution in [0.15, 0.2) is 140 Å². The molecule has 0 bridgehead atoms. The van der Waals surface area contributed by atoms with Crippen LogP contribution in [0.2, 0.25) is 0 Å². The van der Waals surface area contributed by atoms with E-state index in [2.05, 4.69) is 82.3 Å². The van der Waals surface area contributed by atoms with E-state index in [-0.39, 0.29) is 0 Å². The van der Waals surface area contributed by atoms with Crippen molar-refractivity contribution < 1.29 is 0 Å². The summed E-state index contributed by atoms with van der Waals surface area (Å²) < 4.78 is 2.14. The molecule has 10 aromatic rings. The Hall–Kier alpha value is -6.60. The van der Waals surface area contributed by atoms with Crippen LogP contribution in [0.3, 0.4) is 0 Å². The number of nitrogens with zero attached hydrogens (tertiary/aromatic N) is 7. The predicted octanol–water partition coefficient (Wildman–Crippen LogP) is 9.10. The third-order valence-corrected chi connectivity index (χ3v) is 8.92. The van der Waals surface area contributed by atoms with Gasteiger partial charge in [0.2, 0.25) is 0 Å². The van der Waals surface area contributed by atoms with Crippen molar-refractivity contribution in [3.8, 4) is 28.5 Å². The van der Waals surface area contributed by atoms with Gasteiger partial charge in [-0.3, -0.25) is 14.5 Å². The summed E-state index contributed by atoms with van der Waals surface area (Å²) in [6, 6.07) is 41.2. The van der Waals surface area contributed by atoms with E-state index in [0.717, 1.165) is 88.2 Å². The average Bonchev–Trinajstić information content (AvgIpc) is 3.48. The minimum atomic E-state index is 0.634. The fraction of sp³-hybridized carbons (Fsp3) is 0. The predicted molar refractivity (Wildman–Crippen MR) is 188 cm³/mol. The van der Waals surface area contributed by atoms with Crippen molar-refractivity contribution in [3.05, 3.63) is 140 Å². The molecule has 4 aromatic carbocycles. The molecular weight excluding hydrogens is 578 g/mol. The number of rotatable bonds is 3. The second-order valence-corrected chi connectivity index (χ2v) is 11.6. The zero-order chi connectivity index (χ0) is 30.9. The van der Waals surface area contributed by atoms with Gasteiger partial charge in [0.25, 0.3) is 0 Å². The molecule has 6 aromatic heterocycles. The summed E-state index contributed by atoms with van der Waals surface area (Å²) >= 11 is 0. The van der Waals surface area contributed by atoms with Crippen LogP contribution in [-0.4, -0.2) is 34.5 Å². The van der Waals surface area contributed by atoms with Crippen LogP contribution in [-0.2, 0) is 0 Å². The number of aromatic nitrogens is 7. The van der Waals surface area contributed by atoms with Gasteiger partial charge in [0.1, 0.15) is 17.0 Å². The SMILES string of the molecule is c1ccc(-c2nc(-c3cc4cccnc4c4ncccc34)c3ccc4ccc(-n5c6ccccc6c6cccnc65)nc4c3n2)cc1. The Balaban J connectivity index is 1.32. The molecule has 0 saturated carbocycles. The van der Waals surface area contributed by atoms with Crippen molar-refractivity contribution in [3.63, 3.8) is 0 Å². The summed E-state index contributed by atoms with van der Waals surface area (Å²) in [5, 5.41) is 6.11. The normalized spacial score (nSPS) is 11.8. The summed E-state index contributed by atoms with van der Waals surface area (Å²) in [7, 11) is 0. The molecule has 0 radical (unpaired) electrons. The number of pyridine rings is 4. The van der Waals surface area contributed by atoms with Crippen molar-refractivity contribution in [1.82, 2.24) is 34.5 Å². The first-order valence-electron chi connectivity index (χ1n) is 15.5. The molecule has 0 amide bonds. The molecule has 0 saturated heterocycles. The van der Waals surface area contributed by atoms with Crippen LogP contribution in [0.5, 0.6) is 0 Å². The Kier molecular flexibility index (Phi) is 5.44. The summed E-state index contributed by atoms with van der Waals surface area (Å²) in [5.41, 5.74) is 7.93. The van der Waals surface area contributed by atoms with E-state index in [1.54, 1.807) is 0 Å². The van der Waals surface area contributed by atoms with E-state index < -0.39 is 0 Å². The van der Waals surface area contributed by atoms with Gasteiger partial charge in [0, 0.05) is 62.0 Å². The summed E-state index contributed by atoms with van der Waals surface area (Å²) in [6.45, 7) is 0. The summed E-state index contributed by atoms with van der Waals surface area (Å²) in [5.74, 6) is 1.41. The zero-order valence-corrected chi connectivity index (χ0v) is 24.9. The van der Waals surface area contributed by atoms with E-state index in [0.29, 0.717) is 5.82 Å². The Morgan fingerprint density at radius 3 is 2.11 bits per heavy atom. The first-order chi connectivity index (χ1) is 23.3. The number of hydrogen-bond donors (Lipinski definition) is 0. The van der Waals surface area contributed by atoms with Crippen LogP contribution in [0.1, 0.15) is 0 Å². The van der Waals surface area contributed by atoms with Gasteiger partial charge in [0.15, 0.2) is 5.82 Å². The van der Waals surface area contributed by atoms with Crippen LogP contribution in [0.25, 0.3) is 94.0 Å². The Bertz CT molecular complexity index is 2810. The van der Waals surface area contributed by atoms with Gasteiger partial charge in [-0.1, -0.05) is 66.7 Å². The molecular formula is C40H23N7. The zero-order valence-electron chi connectivity index (χ0n) is 24.9. The quantitative estimate of drug-likeness (QED) is 0.188. The van der Waals surface area contributed by atoms with Crippen molar-refractivity contribution in [2.75, 3.05) is 0 Å². The highest BCUT2D eigenvalue weighted by Gasteiger charge is 2.20. The molecule has 47 heavy (non-hydrogen) atoms. The number of benzene rings is 4. The molecule has 218 valence electrons. The Morgan fingerprint density at radius 1 is 0.447 bits per heavy atom. The van der Waals surface area contributed by atoms with Gasteiger partial charge < -0.3 is 0 Å². The smallest absolute Gasteiger partial charge is 0.160 e. The van der Waals surface area contributed by atoms with Crippen LogP contribution >= 0.6 is 0 Å². The first kappa shape index (κ1) is 25.7. The molecule has 0 spiro atoms. The highest BCUT2D eigenvalue weighted by Crippen LogP contribution is 2.38. The lowest BCUT2D eigenvalue weighted by atomic mass is 9.97. The van der Waals surface area contributed by atoms with Crippen molar-refractivity contribution in [2.45, 2.75) is 0 Å². The van der Waals surface area contributed by atoms with Crippen molar-refractivity contribution >= 4 is 65.5 Å². The van der Waals surface area contributed by atoms with Gasteiger partial charge in [-0.05, 0) is 54.6 Å². The van der Waals surface area contributed by atoms with E-state index >= 15 is 0 Å². The third kappa shape index (κ3) is 3.87. The van der Waals surface area contributed by atoms with Crippen molar-refractivity contribution in [1.29, 1.82) is 0 Å². The molecule has 0 atom stereocenters. The molecule has 0 unspecified atom stereocenters. The molecule has 0 aliphatic rings.